The van der Waals surface area contributed by atoms with Crippen LogP contribution < -0.4 is 10.0 Å². The molecule has 2 aromatic rings. The zero-order valence-electron chi connectivity index (χ0n) is 19.2. The number of benzene rings is 1. The summed E-state index contributed by atoms with van der Waals surface area (Å²) in [6.07, 6.45) is 6.78. The van der Waals surface area contributed by atoms with Gasteiger partial charge >= 0.3 is 0 Å². The zero-order valence-corrected chi connectivity index (χ0v) is 22.4. The van der Waals surface area contributed by atoms with E-state index in [1.54, 1.807) is 7.05 Å². The second-order valence-electron chi connectivity index (χ2n) is 8.49. The Kier molecular flexibility index (Phi) is 9.96. The van der Waals surface area contributed by atoms with Crippen molar-refractivity contribution in [3.05, 3.63) is 54.1 Å². The lowest BCUT2D eigenvalue weighted by atomic mass is 9.93. The van der Waals surface area contributed by atoms with E-state index >= 15 is 0 Å². The number of rotatable bonds is 7. The van der Waals surface area contributed by atoms with Crippen molar-refractivity contribution in [3.8, 4) is 0 Å². The van der Waals surface area contributed by atoms with Gasteiger partial charge in [-0.1, -0.05) is 31.2 Å². The van der Waals surface area contributed by atoms with Gasteiger partial charge in [-0.25, -0.2) is 18.1 Å². The second kappa shape index (κ2) is 12.0. The smallest absolute Gasteiger partial charge is 0.216 e. The summed E-state index contributed by atoms with van der Waals surface area (Å²) in [5.74, 6) is 1.35. The Bertz CT molecular complexity index is 978. The molecular formula is C22H35IN6O2S. The molecule has 10 heteroatoms. The average molecular weight is 575 g/mol. The van der Waals surface area contributed by atoms with Gasteiger partial charge in [0.2, 0.25) is 10.0 Å². The van der Waals surface area contributed by atoms with E-state index in [2.05, 4.69) is 36.4 Å². The van der Waals surface area contributed by atoms with E-state index in [0.29, 0.717) is 18.5 Å². The Morgan fingerprint density at radius 3 is 2.62 bits per heavy atom. The lowest BCUT2D eigenvalue weighted by Gasteiger charge is -2.39. The molecule has 178 valence electrons. The molecule has 0 saturated carbocycles. The molecular weight excluding hydrogens is 539 g/mol. The van der Waals surface area contributed by atoms with Gasteiger partial charge in [0.25, 0.3) is 0 Å². The Labute approximate surface area is 209 Å². The van der Waals surface area contributed by atoms with Gasteiger partial charge in [-0.15, -0.1) is 24.0 Å². The molecule has 0 radical (unpaired) electrons. The fraction of sp³-hybridized carbons (Fsp3) is 0.545. The van der Waals surface area contributed by atoms with Crippen molar-refractivity contribution in [2.45, 2.75) is 51.6 Å². The summed E-state index contributed by atoms with van der Waals surface area (Å²) in [6.45, 7) is 8.23. The van der Waals surface area contributed by atoms with Crippen LogP contribution in [0.25, 0.3) is 0 Å². The SMILES string of the molecule is CN=C(NCc1ccccc1CS(=O)(=O)NC(C)C)N1CCC(C)C(n2ccnc2)C1.I. The molecule has 0 aliphatic carbocycles. The van der Waals surface area contributed by atoms with Gasteiger partial charge in [-0.2, -0.15) is 0 Å². The molecule has 1 aliphatic rings. The van der Waals surface area contributed by atoms with E-state index in [1.807, 2.05) is 56.8 Å². The van der Waals surface area contributed by atoms with E-state index in [9.17, 15) is 8.42 Å². The summed E-state index contributed by atoms with van der Waals surface area (Å²) in [5, 5.41) is 3.44. The van der Waals surface area contributed by atoms with Crippen LogP contribution in [0.1, 0.15) is 44.4 Å². The second-order valence-corrected chi connectivity index (χ2v) is 10.2. The Balaban J connectivity index is 0.00000363. The van der Waals surface area contributed by atoms with Crippen LogP contribution >= 0.6 is 24.0 Å². The number of halogens is 1. The summed E-state index contributed by atoms with van der Waals surface area (Å²) >= 11 is 0. The van der Waals surface area contributed by atoms with Crippen LogP contribution in [0.15, 0.2) is 48.0 Å². The van der Waals surface area contributed by atoms with Gasteiger partial charge < -0.3 is 14.8 Å². The first-order valence-electron chi connectivity index (χ1n) is 10.8. The first-order valence-corrected chi connectivity index (χ1v) is 12.4. The first kappa shape index (κ1) is 26.6. The van der Waals surface area contributed by atoms with Gasteiger partial charge in [-0.05, 0) is 37.3 Å². The van der Waals surface area contributed by atoms with Crippen LogP contribution in [-0.4, -0.2) is 55.0 Å². The van der Waals surface area contributed by atoms with Crippen LogP contribution in [0, 0.1) is 5.92 Å². The van der Waals surface area contributed by atoms with Crippen molar-refractivity contribution < 1.29 is 8.42 Å². The van der Waals surface area contributed by atoms with Crippen molar-refractivity contribution in [1.29, 1.82) is 0 Å². The van der Waals surface area contributed by atoms with Gasteiger partial charge in [-0.3, -0.25) is 4.99 Å². The van der Waals surface area contributed by atoms with Crippen LogP contribution in [0.3, 0.4) is 0 Å². The summed E-state index contributed by atoms with van der Waals surface area (Å²) in [4.78, 5) is 11.0. The molecule has 1 aromatic carbocycles. The number of hydrogen-bond acceptors (Lipinski definition) is 4. The quantitative estimate of drug-likeness (QED) is 0.302. The molecule has 3 rings (SSSR count). The largest absolute Gasteiger partial charge is 0.352 e. The minimum absolute atomic E-state index is 0. The molecule has 0 amide bonds. The predicted molar refractivity (Wildman–Crippen MR) is 140 cm³/mol. The number of likely N-dealkylation sites (tertiary alicyclic amines) is 1. The molecule has 2 atom stereocenters. The standard InChI is InChI=1S/C22H34N6O2S.HI/c1-17(2)26-31(29,30)15-20-8-6-5-7-19(20)13-25-22(23-4)27-11-9-18(3)21(14-27)28-12-10-24-16-28;/h5-8,10,12,16-18,21,26H,9,11,13-15H2,1-4H3,(H,23,25);1H. The third kappa shape index (κ3) is 7.17. The number of imidazole rings is 1. The molecule has 0 bridgehead atoms. The molecule has 1 fully saturated rings. The van der Waals surface area contributed by atoms with E-state index in [-0.39, 0.29) is 35.8 Å². The maximum absolute atomic E-state index is 12.4. The summed E-state index contributed by atoms with van der Waals surface area (Å²) < 4.78 is 29.7. The number of guanidine groups is 1. The highest BCUT2D eigenvalue weighted by molar-refractivity contribution is 14.0. The van der Waals surface area contributed by atoms with Crippen LogP contribution in [0.4, 0.5) is 0 Å². The Hall–Kier alpha value is -1.66. The summed E-state index contributed by atoms with van der Waals surface area (Å²) in [6, 6.07) is 7.86. The lowest BCUT2D eigenvalue weighted by molar-refractivity contribution is 0.189. The molecule has 2 N–H and O–H groups in total. The van der Waals surface area contributed by atoms with E-state index in [1.165, 1.54) is 0 Å². The number of piperidine rings is 1. The fourth-order valence-electron chi connectivity index (χ4n) is 4.08. The number of nitrogens with one attached hydrogen (secondary N) is 2. The fourth-order valence-corrected chi connectivity index (χ4v) is 5.57. The van der Waals surface area contributed by atoms with Crippen LogP contribution in [0.5, 0.6) is 0 Å². The number of aromatic nitrogens is 2. The number of aliphatic imine (C=N–C) groups is 1. The monoisotopic (exact) mass is 574 g/mol. The van der Waals surface area contributed by atoms with E-state index in [4.69, 9.17) is 0 Å². The third-order valence-electron chi connectivity index (χ3n) is 5.65. The first-order chi connectivity index (χ1) is 14.8. The predicted octanol–water partition coefficient (Wildman–Crippen LogP) is 2.99. The molecule has 32 heavy (non-hydrogen) atoms. The van der Waals surface area contributed by atoms with Crippen molar-refractivity contribution in [1.82, 2.24) is 24.5 Å². The number of sulfonamides is 1. The van der Waals surface area contributed by atoms with Crippen molar-refractivity contribution in [2.24, 2.45) is 10.9 Å². The number of hydrogen-bond donors (Lipinski definition) is 2. The molecule has 1 saturated heterocycles. The molecule has 2 unspecified atom stereocenters. The minimum Gasteiger partial charge on any atom is -0.352 e. The van der Waals surface area contributed by atoms with E-state index in [0.717, 1.165) is 36.6 Å². The maximum atomic E-state index is 12.4. The highest BCUT2D eigenvalue weighted by Gasteiger charge is 2.29. The molecule has 8 nitrogen and oxygen atoms in total. The lowest BCUT2D eigenvalue weighted by Crippen LogP contribution is -2.48. The Morgan fingerprint density at radius 2 is 2.00 bits per heavy atom. The number of nitrogens with zero attached hydrogens (tertiary/aromatic N) is 4. The zero-order chi connectivity index (χ0) is 22.4. The minimum atomic E-state index is -3.39. The van der Waals surface area contributed by atoms with Crippen molar-refractivity contribution in [2.75, 3.05) is 20.1 Å². The topological polar surface area (TPSA) is 91.6 Å². The molecule has 1 aliphatic heterocycles. The average Bonchev–Trinajstić information content (AvgIpc) is 3.24. The normalized spacial score (nSPS) is 19.7. The highest BCUT2D eigenvalue weighted by Crippen LogP contribution is 2.27. The van der Waals surface area contributed by atoms with Crippen LogP contribution in [-0.2, 0) is 22.3 Å². The maximum Gasteiger partial charge on any atom is 0.216 e. The molecule has 2 heterocycles. The van der Waals surface area contributed by atoms with Gasteiger partial charge in [0.15, 0.2) is 5.96 Å². The van der Waals surface area contributed by atoms with Gasteiger partial charge in [0, 0.05) is 45.1 Å². The molecule has 0 spiro atoms. The van der Waals surface area contributed by atoms with Gasteiger partial charge in [0.05, 0.1) is 18.1 Å². The highest BCUT2D eigenvalue weighted by atomic mass is 127. The van der Waals surface area contributed by atoms with Crippen molar-refractivity contribution in [3.63, 3.8) is 0 Å². The van der Waals surface area contributed by atoms with Crippen molar-refractivity contribution >= 4 is 40.0 Å². The summed E-state index contributed by atoms with van der Waals surface area (Å²) in [5.41, 5.74) is 1.75. The summed E-state index contributed by atoms with van der Waals surface area (Å²) in [7, 11) is -1.60. The van der Waals surface area contributed by atoms with Crippen LogP contribution in [0.2, 0.25) is 0 Å². The Morgan fingerprint density at radius 1 is 1.28 bits per heavy atom. The van der Waals surface area contributed by atoms with E-state index < -0.39 is 10.0 Å². The van der Waals surface area contributed by atoms with Gasteiger partial charge in [0.1, 0.15) is 0 Å². The molecule has 1 aromatic heterocycles. The third-order valence-corrected chi connectivity index (χ3v) is 7.18.